The fourth-order valence-corrected chi connectivity index (χ4v) is 7.61. The van der Waals surface area contributed by atoms with Crippen molar-refractivity contribution >= 4 is 23.4 Å². The van der Waals surface area contributed by atoms with Crippen LogP contribution >= 0.6 is 0 Å². The van der Waals surface area contributed by atoms with Crippen LogP contribution in [-0.4, -0.2) is 82.2 Å². The van der Waals surface area contributed by atoms with Crippen molar-refractivity contribution in [3.8, 4) is 0 Å². The van der Waals surface area contributed by atoms with Crippen LogP contribution in [0.4, 0.5) is 5.69 Å². The first-order chi connectivity index (χ1) is 19.6. The van der Waals surface area contributed by atoms with Gasteiger partial charge in [-0.2, -0.15) is 0 Å². The number of aliphatic hydroxyl groups excluding tert-OH is 1. The van der Waals surface area contributed by atoms with Crippen LogP contribution in [0.3, 0.4) is 0 Å². The highest BCUT2D eigenvalue weighted by Crippen LogP contribution is 2.65. The zero-order valence-electron chi connectivity index (χ0n) is 25.1. The maximum Gasteiger partial charge on any atom is 0.248 e. The number of carbonyl (C=O) groups is 3. The smallest absolute Gasteiger partial charge is 0.248 e. The largest absolute Gasteiger partial charge is 0.396 e. The molecule has 41 heavy (non-hydrogen) atoms. The molecular weight excluding hydrogens is 518 g/mol. The van der Waals surface area contributed by atoms with E-state index in [4.69, 9.17) is 4.74 Å². The van der Waals surface area contributed by atoms with Crippen LogP contribution in [-0.2, 0) is 19.1 Å². The van der Waals surface area contributed by atoms with Crippen LogP contribution in [0, 0.1) is 17.8 Å². The maximum atomic E-state index is 14.6. The predicted molar refractivity (Wildman–Crippen MR) is 160 cm³/mol. The average Bonchev–Trinajstić information content (AvgIpc) is 3.47. The van der Waals surface area contributed by atoms with E-state index in [0.29, 0.717) is 38.9 Å². The van der Waals surface area contributed by atoms with Gasteiger partial charge in [0.2, 0.25) is 17.7 Å². The van der Waals surface area contributed by atoms with Gasteiger partial charge < -0.3 is 24.5 Å². The molecule has 2 bridgehead atoms. The number of hydrogen-bond donors (Lipinski definition) is 1. The fraction of sp³-hybridized carbons (Fsp3) is 0.606. The van der Waals surface area contributed by atoms with Crippen molar-refractivity contribution in [2.24, 2.45) is 17.8 Å². The highest BCUT2D eigenvalue weighted by Gasteiger charge is 2.80. The number of anilines is 1. The number of amides is 3. The second-order valence-corrected chi connectivity index (χ2v) is 12.2. The molecule has 0 aliphatic carbocycles. The number of aliphatic hydroxyl groups is 1. The van der Waals surface area contributed by atoms with E-state index in [-0.39, 0.29) is 36.3 Å². The summed E-state index contributed by atoms with van der Waals surface area (Å²) in [6, 6.07) is 8.53. The van der Waals surface area contributed by atoms with Gasteiger partial charge in [-0.15, -0.1) is 13.2 Å². The lowest BCUT2D eigenvalue weighted by molar-refractivity contribution is -0.153. The van der Waals surface area contributed by atoms with E-state index < -0.39 is 29.1 Å². The van der Waals surface area contributed by atoms with E-state index in [1.165, 1.54) is 0 Å². The summed E-state index contributed by atoms with van der Waals surface area (Å²) >= 11 is 0. The average molecular weight is 566 g/mol. The van der Waals surface area contributed by atoms with Gasteiger partial charge in [0.1, 0.15) is 11.6 Å². The SMILES string of the molecule is C=CCN(C(=O)[C@H]1[C@H]2C(=O)N(CCCCO)C(C(=O)N(CC=C)C(C)CCC)C23CC(C)[C@]1(C)O3)c1ccccc1. The second-order valence-electron chi connectivity index (χ2n) is 12.2. The van der Waals surface area contributed by atoms with E-state index in [0.717, 1.165) is 18.5 Å². The van der Waals surface area contributed by atoms with Crippen LogP contribution in [0.15, 0.2) is 55.6 Å². The summed E-state index contributed by atoms with van der Waals surface area (Å²) < 4.78 is 6.93. The molecule has 8 heteroatoms. The Morgan fingerprint density at radius 3 is 2.46 bits per heavy atom. The molecule has 1 aromatic carbocycles. The van der Waals surface area contributed by atoms with Crippen LogP contribution < -0.4 is 4.90 Å². The fourth-order valence-electron chi connectivity index (χ4n) is 7.61. The third-order valence-electron chi connectivity index (χ3n) is 9.61. The van der Waals surface area contributed by atoms with Crippen LogP contribution in [0.2, 0.25) is 0 Å². The van der Waals surface area contributed by atoms with Crippen molar-refractivity contribution < 1.29 is 24.2 Å². The summed E-state index contributed by atoms with van der Waals surface area (Å²) in [5.41, 5.74) is -1.28. The van der Waals surface area contributed by atoms with E-state index >= 15 is 0 Å². The molecule has 3 aliphatic rings. The molecule has 3 amide bonds. The topological polar surface area (TPSA) is 90.4 Å². The van der Waals surface area contributed by atoms with E-state index in [1.54, 1.807) is 22.0 Å². The van der Waals surface area contributed by atoms with Gasteiger partial charge in [-0.25, -0.2) is 0 Å². The molecule has 224 valence electrons. The summed E-state index contributed by atoms with van der Waals surface area (Å²) in [5.74, 6) is -2.11. The van der Waals surface area contributed by atoms with Gasteiger partial charge in [0.25, 0.3) is 0 Å². The van der Waals surface area contributed by atoms with Crippen LogP contribution in [0.25, 0.3) is 0 Å². The molecule has 1 N–H and O–H groups in total. The summed E-state index contributed by atoms with van der Waals surface area (Å²) in [5, 5.41) is 9.47. The van der Waals surface area contributed by atoms with Gasteiger partial charge in [0.15, 0.2) is 0 Å². The molecule has 0 saturated carbocycles. The lowest BCUT2D eigenvalue weighted by atomic mass is 9.62. The number of fused-ring (bicyclic) bond motifs is 1. The Balaban J connectivity index is 1.81. The maximum absolute atomic E-state index is 14.6. The third-order valence-corrected chi connectivity index (χ3v) is 9.61. The Labute approximate surface area is 245 Å². The normalized spacial score (nSPS) is 30.7. The molecule has 4 rings (SSSR count). The zero-order valence-corrected chi connectivity index (χ0v) is 25.1. The molecule has 8 nitrogen and oxygen atoms in total. The lowest BCUT2D eigenvalue weighted by Crippen LogP contribution is -2.58. The van der Waals surface area contributed by atoms with Gasteiger partial charge in [-0.3, -0.25) is 14.4 Å². The van der Waals surface area contributed by atoms with Gasteiger partial charge >= 0.3 is 0 Å². The number of ether oxygens (including phenoxy) is 1. The third kappa shape index (κ3) is 5.14. The first kappa shape index (κ1) is 31.0. The molecule has 7 atom stereocenters. The highest BCUT2D eigenvalue weighted by molar-refractivity contribution is 6.03. The minimum Gasteiger partial charge on any atom is -0.396 e. The number of carbonyl (C=O) groups excluding carboxylic acids is 3. The molecule has 0 aromatic heterocycles. The van der Waals surface area contributed by atoms with E-state index in [9.17, 15) is 19.5 Å². The quantitative estimate of drug-likeness (QED) is 0.270. The van der Waals surface area contributed by atoms with Gasteiger partial charge in [0, 0.05) is 38.0 Å². The molecule has 3 heterocycles. The molecule has 1 spiro atoms. The number of likely N-dealkylation sites (tertiary alicyclic amines) is 1. The van der Waals surface area contributed by atoms with Gasteiger partial charge in [-0.1, -0.05) is 50.6 Å². The molecule has 3 fully saturated rings. The summed E-state index contributed by atoms with van der Waals surface area (Å²) in [6.07, 6.45) is 6.75. The van der Waals surface area contributed by atoms with Crippen LogP contribution in [0.5, 0.6) is 0 Å². The van der Waals surface area contributed by atoms with Gasteiger partial charge in [-0.05, 0) is 57.6 Å². The Bertz CT molecular complexity index is 1140. The second kappa shape index (κ2) is 12.5. The molecule has 0 radical (unpaired) electrons. The predicted octanol–water partition coefficient (Wildman–Crippen LogP) is 4.19. The number of nitrogens with zero attached hydrogens (tertiary/aromatic N) is 3. The standard InChI is InChI=1S/C33H47N3O5/c1-7-15-24(5)34(18-8-2)31(40)28-33-22-23(4)32(6,41-33)26(27(33)30(39)36(28)20-13-14-21-37)29(38)35(19-9-3)25-16-11-10-12-17-25/h8-12,16-17,23-24,26-28,37H,2-3,7,13-15,18-22H2,1,4-6H3/t23?,24?,26-,27+,28?,32+,33?/m1/s1. The number of rotatable bonds is 14. The van der Waals surface area contributed by atoms with Crippen molar-refractivity contribution in [1.82, 2.24) is 9.80 Å². The summed E-state index contributed by atoms with van der Waals surface area (Å²) in [4.78, 5) is 48.7. The van der Waals surface area contributed by atoms with E-state index in [1.807, 2.05) is 49.1 Å². The first-order valence-electron chi connectivity index (χ1n) is 15.1. The monoisotopic (exact) mass is 565 g/mol. The molecule has 4 unspecified atom stereocenters. The first-order valence-corrected chi connectivity index (χ1v) is 15.1. The number of benzene rings is 1. The number of para-hydroxylation sites is 1. The van der Waals surface area contributed by atoms with E-state index in [2.05, 4.69) is 27.0 Å². The highest BCUT2D eigenvalue weighted by atomic mass is 16.5. The Morgan fingerprint density at radius 1 is 1.17 bits per heavy atom. The summed E-state index contributed by atoms with van der Waals surface area (Å²) in [7, 11) is 0. The lowest BCUT2D eigenvalue weighted by Gasteiger charge is -2.40. The van der Waals surface area contributed by atoms with Crippen molar-refractivity contribution in [3.63, 3.8) is 0 Å². The molecular formula is C33H47N3O5. The Kier molecular flexibility index (Phi) is 9.44. The van der Waals surface area contributed by atoms with Crippen molar-refractivity contribution in [3.05, 3.63) is 55.6 Å². The van der Waals surface area contributed by atoms with Gasteiger partial charge in [0.05, 0.1) is 17.4 Å². The molecule has 1 aromatic rings. The summed E-state index contributed by atoms with van der Waals surface area (Å²) in [6.45, 7) is 16.9. The zero-order chi connectivity index (χ0) is 29.9. The molecule has 3 aliphatic heterocycles. The van der Waals surface area contributed by atoms with Crippen molar-refractivity contribution in [1.29, 1.82) is 0 Å². The number of unbranched alkanes of at least 4 members (excludes halogenated alkanes) is 1. The van der Waals surface area contributed by atoms with Crippen molar-refractivity contribution in [2.75, 3.05) is 31.1 Å². The number of hydrogen-bond acceptors (Lipinski definition) is 5. The Hall–Kier alpha value is -2.97. The minimum atomic E-state index is -1.11. The van der Waals surface area contributed by atoms with Crippen molar-refractivity contribution in [2.45, 2.75) is 83.1 Å². The molecule has 3 saturated heterocycles. The Morgan fingerprint density at radius 2 is 1.85 bits per heavy atom. The minimum absolute atomic E-state index is 0.00560. The van der Waals surface area contributed by atoms with Crippen LogP contribution in [0.1, 0.15) is 59.8 Å².